The number of nitrogens with two attached hydrogens (primary N) is 1. The number of nitrogen functional groups attached to an aromatic ring is 1. The van der Waals surface area contributed by atoms with Crippen LogP contribution in [-0.2, 0) is 0 Å². The molecule has 3 N–H and O–H groups in total. The van der Waals surface area contributed by atoms with Crippen molar-refractivity contribution in [1.29, 1.82) is 0 Å². The Morgan fingerprint density at radius 3 is 2.72 bits per heavy atom. The maximum absolute atomic E-state index is 12.2. The molecule has 0 fully saturated rings. The molecule has 1 rings (SSSR count). The van der Waals surface area contributed by atoms with Gasteiger partial charge in [0.1, 0.15) is 0 Å². The van der Waals surface area contributed by atoms with Crippen molar-refractivity contribution >= 4 is 11.6 Å². The molecule has 0 saturated carbocycles. The second kappa shape index (κ2) is 7.01. The summed E-state index contributed by atoms with van der Waals surface area (Å²) in [5.41, 5.74) is 7.94. The third kappa shape index (κ3) is 4.04. The third-order valence-corrected chi connectivity index (χ3v) is 2.94. The zero-order valence-corrected chi connectivity index (χ0v) is 11.1. The highest BCUT2D eigenvalue weighted by molar-refractivity contribution is 5.99. The van der Waals surface area contributed by atoms with Crippen molar-refractivity contribution < 1.29 is 9.90 Å². The smallest absolute Gasteiger partial charge is 0.255 e. The predicted molar refractivity (Wildman–Crippen MR) is 73.5 cm³/mol. The molecule has 1 aromatic rings. The first kappa shape index (κ1) is 14.5. The van der Waals surface area contributed by atoms with Gasteiger partial charge in [0, 0.05) is 25.9 Å². The van der Waals surface area contributed by atoms with Crippen LogP contribution < -0.4 is 5.73 Å². The molecule has 0 bridgehead atoms. The molecule has 1 aromatic carbocycles. The van der Waals surface area contributed by atoms with E-state index in [1.54, 1.807) is 18.0 Å². The molecule has 0 saturated heterocycles. The Hall–Kier alpha value is -1.55. The molecule has 4 nitrogen and oxygen atoms in total. The topological polar surface area (TPSA) is 66.6 Å². The fourth-order valence-electron chi connectivity index (χ4n) is 1.80. The van der Waals surface area contributed by atoms with Gasteiger partial charge in [-0.15, -0.1) is 0 Å². The third-order valence-electron chi connectivity index (χ3n) is 2.94. The quantitative estimate of drug-likeness (QED) is 0.597. The van der Waals surface area contributed by atoms with Gasteiger partial charge in [0.15, 0.2) is 0 Å². The number of aryl methyl sites for hydroxylation is 1. The van der Waals surface area contributed by atoms with Crippen LogP contribution in [0.4, 0.5) is 5.69 Å². The normalized spacial score (nSPS) is 10.4. The van der Waals surface area contributed by atoms with Gasteiger partial charge in [-0.3, -0.25) is 4.79 Å². The van der Waals surface area contributed by atoms with Crippen LogP contribution in [0.1, 0.15) is 35.2 Å². The molecule has 100 valence electrons. The molecule has 0 heterocycles. The summed E-state index contributed by atoms with van der Waals surface area (Å²) in [7, 11) is 1.78. The maximum Gasteiger partial charge on any atom is 0.255 e. The second-order valence-electron chi connectivity index (χ2n) is 4.60. The lowest BCUT2D eigenvalue weighted by atomic mass is 10.1. The van der Waals surface area contributed by atoms with E-state index in [9.17, 15) is 4.79 Å². The average Bonchev–Trinajstić information content (AvgIpc) is 2.36. The largest absolute Gasteiger partial charge is 0.398 e. The SMILES string of the molecule is Cc1ccc(N)c(C(=O)N(C)CCCCCO)c1. The molecule has 0 aliphatic heterocycles. The van der Waals surface area contributed by atoms with Crippen LogP contribution >= 0.6 is 0 Å². The summed E-state index contributed by atoms with van der Waals surface area (Å²) in [5.74, 6) is -0.0415. The zero-order valence-electron chi connectivity index (χ0n) is 11.1. The fourth-order valence-corrected chi connectivity index (χ4v) is 1.80. The summed E-state index contributed by atoms with van der Waals surface area (Å²) in [6, 6.07) is 5.48. The van der Waals surface area contributed by atoms with Crippen LogP contribution in [0.3, 0.4) is 0 Å². The predicted octanol–water partition coefficient (Wildman–Crippen LogP) is 1.81. The van der Waals surface area contributed by atoms with E-state index < -0.39 is 0 Å². The minimum atomic E-state index is -0.0415. The van der Waals surface area contributed by atoms with Gasteiger partial charge in [-0.2, -0.15) is 0 Å². The average molecular weight is 250 g/mol. The molecule has 1 amide bonds. The first-order valence-electron chi connectivity index (χ1n) is 6.28. The number of hydrogen-bond acceptors (Lipinski definition) is 3. The van der Waals surface area contributed by atoms with Crippen molar-refractivity contribution in [3.8, 4) is 0 Å². The van der Waals surface area contributed by atoms with E-state index in [-0.39, 0.29) is 12.5 Å². The lowest BCUT2D eigenvalue weighted by Gasteiger charge is -2.18. The number of amides is 1. The molecule has 0 aliphatic rings. The molecular weight excluding hydrogens is 228 g/mol. The van der Waals surface area contributed by atoms with Crippen LogP contribution in [0.2, 0.25) is 0 Å². The van der Waals surface area contributed by atoms with Crippen molar-refractivity contribution in [3.05, 3.63) is 29.3 Å². The first-order valence-corrected chi connectivity index (χ1v) is 6.28. The lowest BCUT2D eigenvalue weighted by molar-refractivity contribution is 0.0793. The highest BCUT2D eigenvalue weighted by Crippen LogP contribution is 2.16. The summed E-state index contributed by atoms with van der Waals surface area (Å²) in [6.07, 6.45) is 2.61. The van der Waals surface area contributed by atoms with Gasteiger partial charge in [0.05, 0.1) is 5.56 Å². The van der Waals surface area contributed by atoms with Crippen LogP contribution in [0, 0.1) is 6.92 Å². The van der Waals surface area contributed by atoms with E-state index in [4.69, 9.17) is 10.8 Å². The molecule has 0 aromatic heterocycles. The van der Waals surface area contributed by atoms with E-state index in [2.05, 4.69) is 0 Å². The summed E-state index contributed by atoms with van der Waals surface area (Å²) < 4.78 is 0. The molecule has 0 unspecified atom stereocenters. The highest BCUT2D eigenvalue weighted by Gasteiger charge is 2.14. The van der Waals surface area contributed by atoms with Gasteiger partial charge in [0.2, 0.25) is 0 Å². The lowest BCUT2D eigenvalue weighted by Crippen LogP contribution is -2.28. The van der Waals surface area contributed by atoms with Gasteiger partial charge in [-0.05, 0) is 38.3 Å². The van der Waals surface area contributed by atoms with Gasteiger partial charge in [0.25, 0.3) is 5.91 Å². The van der Waals surface area contributed by atoms with Crippen molar-refractivity contribution in [1.82, 2.24) is 4.90 Å². The number of carbonyl (C=O) groups is 1. The van der Waals surface area contributed by atoms with Crippen LogP contribution in [0.25, 0.3) is 0 Å². The van der Waals surface area contributed by atoms with Crippen molar-refractivity contribution in [2.45, 2.75) is 26.2 Å². The van der Waals surface area contributed by atoms with Gasteiger partial charge in [-0.25, -0.2) is 0 Å². The number of unbranched alkanes of at least 4 members (excludes halogenated alkanes) is 2. The molecule has 0 radical (unpaired) electrons. The minimum Gasteiger partial charge on any atom is -0.398 e. The number of rotatable bonds is 6. The number of carbonyl (C=O) groups excluding carboxylic acids is 1. The summed E-state index contributed by atoms with van der Waals surface area (Å²) in [4.78, 5) is 13.9. The van der Waals surface area contributed by atoms with E-state index >= 15 is 0 Å². The number of hydrogen-bond donors (Lipinski definition) is 2. The number of aliphatic hydroxyl groups excluding tert-OH is 1. The maximum atomic E-state index is 12.2. The number of anilines is 1. The van der Waals surface area contributed by atoms with E-state index in [1.165, 1.54) is 0 Å². The Labute approximate surface area is 108 Å². The van der Waals surface area contributed by atoms with Crippen molar-refractivity contribution in [2.75, 3.05) is 25.9 Å². The first-order chi connectivity index (χ1) is 8.56. The Morgan fingerprint density at radius 2 is 2.06 bits per heavy atom. The monoisotopic (exact) mass is 250 g/mol. The zero-order chi connectivity index (χ0) is 13.5. The van der Waals surface area contributed by atoms with E-state index in [0.717, 1.165) is 24.8 Å². The highest BCUT2D eigenvalue weighted by atomic mass is 16.2. The Bertz CT molecular complexity index is 405. The standard InChI is InChI=1S/C14H22N2O2/c1-11-6-7-13(15)12(10-11)14(18)16(2)8-4-3-5-9-17/h6-7,10,17H,3-5,8-9,15H2,1-2H3. The summed E-state index contributed by atoms with van der Waals surface area (Å²) in [6.45, 7) is 2.84. The minimum absolute atomic E-state index is 0.0415. The van der Waals surface area contributed by atoms with E-state index in [1.807, 2.05) is 19.1 Å². The van der Waals surface area contributed by atoms with Gasteiger partial charge < -0.3 is 15.7 Å². The van der Waals surface area contributed by atoms with Crippen LogP contribution in [-0.4, -0.2) is 36.1 Å². The fraction of sp³-hybridized carbons (Fsp3) is 0.500. The van der Waals surface area contributed by atoms with Crippen LogP contribution in [0.15, 0.2) is 18.2 Å². The van der Waals surface area contributed by atoms with E-state index in [0.29, 0.717) is 17.8 Å². The second-order valence-corrected chi connectivity index (χ2v) is 4.60. The Balaban J connectivity index is 2.60. The number of nitrogens with zero attached hydrogens (tertiary/aromatic N) is 1. The van der Waals surface area contributed by atoms with Crippen molar-refractivity contribution in [3.63, 3.8) is 0 Å². The summed E-state index contributed by atoms with van der Waals surface area (Å²) >= 11 is 0. The molecule has 4 heteroatoms. The van der Waals surface area contributed by atoms with Crippen molar-refractivity contribution in [2.24, 2.45) is 0 Å². The summed E-state index contributed by atoms with van der Waals surface area (Å²) in [5, 5.41) is 8.69. The molecule has 0 aliphatic carbocycles. The number of benzene rings is 1. The Kier molecular flexibility index (Phi) is 5.65. The van der Waals surface area contributed by atoms with Gasteiger partial charge in [-0.1, -0.05) is 11.6 Å². The molecular formula is C14H22N2O2. The van der Waals surface area contributed by atoms with Crippen LogP contribution in [0.5, 0.6) is 0 Å². The number of aliphatic hydroxyl groups is 1. The molecule has 0 atom stereocenters. The molecule has 0 spiro atoms. The Morgan fingerprint density at radius 1 is 1.33 bits per heavy atom. The van der Waals surface area contributed by atoms with Gasteiger partial charge >= 0.3 is 0 Å². The molecule has 18 heavy (non-hydrogen) atoms.